The number of carbonyl (C=O) groups excluding carboxylic acids is 1. The summed E-state index contributed by atoms with van der Waals surface area (Å²) in [5, 5.41) is 13.9. The molecule has 0 bridgehead atoms. The van der Waals surface area contributed by atoms with Crippen molar-refractivity contribution < 1.29 is 18.1 Å². The van der Waals surface area contributed by atoms with E-state index in [9.17, 15) is 23.3 Å². The Morgan fingerprint density at radius 2 is 1.90 bits per heavy atom. The quantitative estimate of drug-likeness (QED) is 0.454. The largest absolute Gasteiger partial charge is 0.298 e. The van der Waals surface area contributed by atoms with Crippen molar-refractivity contribution in [3.05, 3.63) is 57.6 Å². The molecule has 1 amide bonds. The summed E-state index contributed by atoms with van der Waals surface area (Å²) in [6.45, 7) is 2.67. The number of hydrogen-bond acceptors (Lipinski definition) is 7. The van der Waals surface area contributed by atoms with Crippen LogP contribution in [0.25, 0.3) is 10.2 Å². The Bertz CT molecular complexity index is 1280. The fraction of sp³-hybridized carbons (Fsp3) is 0.300. The van der Waals surface area contributed by atoms with Crippen molar-refractivity contribution in [2.45, 2.75) is 31.1 Å². The van der Waals surface area contributed by atoms with E-state index in [2.05, 4.69) is 10.3 Å². The number of hydrogen-bond donors (Lipinski definition) is 1. The molecule has 1 aliphatic heterocycles. The Labute approximate surface area is 182 Å². The number of sulfonamides is 1. The fourth-order valence-corrected chi connectivity index (χ4v) is 6.18. The molecule has 1 fully saturated rings. The molecule has 3 aromatic rings. The van der Waals surface area contributed by atoms with Gasteiger partial charge < -0.3 is 0 Å². The predicted molar refractivity (Wildman–Crippen MR) is 118 cm³/mol. The van der Waals surface area contributed by atoms with E-state index in [1.165, 1.54) is 28.6 Å². The smallest absolute Gasteiger partial charge is 0.270 e. The van der Waals surface area contributed by atoms with E-state index in [4.69, 9.17) is 0 Å². The Morgan fingerprint density at radius 3 is 2.61 bits per heavy atom. The van der Waals surface area contributed by atoms with Gasteiger partial charge in [-0.25, -0.2) is 13.4 Å². The summed E-state index contributed by atoms with van der Waals surface area (Å²) >= 11 is 1.11. The highest BCUT2D eigenvalue weighted by molar-refractivity contribution is 7.89. The van der Waals surface area contributed by atoms with E-state index in [0.29, 0.717) is 28.9 Å². The molecule has 2 aromatic carbocycles. The van der Waals surface area contributed by atoms with Gasteiger partial charge in [0.25, 0.3) is 11.6 Å². The van der Waals surface area contributed by atoms with Gasteiger partial charge in [-0.05, 0) is 43.5 Å². The number of benzene rings is 2. The van der Waals surface area contributed by atoms with Crippen molar-refractivity contribution in [1.82, 2.24) is 9.29 Å². The van der Waals surface area contributed by atoms with E-state index >= 15 is 0 Å². The predicted octanol–water partition coefficient (Wildman–Crippen LogP) is 3.94. The van der Waals surface area contributed by atoms with Crippen molar-refractivity contribution >= 4 is 48.3 Å². The average molecular weight is 461 g/mol. The molecule has 2 heterocycles. The van der Waals surface area contributed by atoms with Gasteiger partial charge in [-0.15, -0.1) is 0 Å². The zero-order valence-electron chi connectivity index (χ0n) is 16.7. The lowest BCUT2D eigenvalue weighted by atomic mass is 10.1. The monoisotopic (exact) mass is 460 g/mol. The Hall–Kier alpha value is -2.89. The zero-order valence-corrected chi connectivity index (χ0v) is 18.3. The topological polar surface area (TPSA) is 123 Å². The average Bonchev–Trinajstić information content (AvgIpc) is 3.15. The number of amides is 1. The van der Waals surface area contributed by atoms with Crippen molar-refractivity contribution in [3.63, 3.8) is 0 Å². The van der Waals surface area contributed by atoms with Crippen LogP contribution in [0.4, 0.5) is 10.8 Å². The molecule has 9 nitrogen and oxygen atoms in total. The van der Waals surface area contributed by atoms with Crippen LogP contribution in [0.15, 0.2) is 41.3 Å². The standard InChI is InChI=1S/C20H20N4O5S2/c1-13-5-6-14(11-18(13)31(28,29)23-9-3-2-4-10-23)19(25)22-20-21-16-8-7-15(24(26)27)12-17(16)30-20/h5-8,11-12H,2-4,9-10H2,1H3,(H,21,22,25). The lowest BCUT2D eigenvalue weighted by Crippen LogP contribution is -2.36. The second-order valence-electron chi connectivity index (χ2n) is 7.33. The highest BCUT2D eigenvalue weighted by atomic mass is 32.2. The molecule has 0 radical (unpaired) electrons. The van der Waals surface area contributed by atoms with Crippen molar-refractivity contribution in [2.75, 3.05) is 18.4 Å². The van der Waals surface area contributed by atoms with Crippen LogP contribution in [0.2, 0.25) is 0 Å². The molecule has 1 saturated heterocycles. The number of thiazole rings is 1. The summed E-state index contributed by atoms with van der Waals surface area (Å²) in [7, 11) is -3.68. The summed E-state index contributed by atoms with van der Waals surface area (Å²) in [6, 6.07) is 8.86. The molecule has 0 saturated carbocycles. The normalized spacial score (nSPS) is 15.1. The third-order valence-electron chi connectivity index (χ3n) is 5.19. The zero-order chi connectivity index (χ0) is 22.2. The van der Waals surface area contributed by atoms with Gasteiger partial charge in [-0.1, -0.05) is 23.8 Å². The Morgan fingerprint density at radius 1 is 1.16 bits per heavy atom. The summed E-state index contributed by atoms with van der Waals surface area (Å²) in [5.74, 6) is -0.497. The molecule has 31 heavy (non-hydrogen) atoms. The van der Waals surface area contributed by atoms with Gasteiger partial charge >= 0.3 is 0 Å². The molecule has 1 aromatic heterocycles. The number of fused-ring (bicyclic) bond motifs is 1. The van der Waals surface area contributed by atoms with E-state index in [1.807, 2.05) is 0 Å². The highest BCUT2D eigenvalue weighted by Crippen LogP contribution is 2.30. The van der Waals surface area contributed by atoms with Crippen LogP contribution < -0.4 is 5.32 Å². The minimum Gasteiger partial charge on any atom is -0.298 e. The number of rotatable bonds is 5. The van der Waals surface area contributed by atoms with Crippen LogP contribution in [0, 0.1) is 17.0 Å². The number of piperidine rings is 1. The summed E-state index contributed by atoms with van der Waals surface area (Å²) in [6.07, 6.45) is 2.67. The number of non-ortho nitro benzene ring substituents is 1. The number of anilines is 1. The molecule has 1 aliphatic rings. The van der Waals surface area contributed by atoms with Gasteiger partial charge in [0.2, 0.25) is 10.0 Å². The van der Waals surface area contributed by atoms with Gasteiger partial charge in [0, 0.05) is 30.8 Å². The van der Waals surface area contributed by atoms with Gasteiger partial charge in [0.1, 0.15) is 0 Å². The fourth-order valence-electron chi connectivity index (χ4n) is 3.51. The molecule has 0 unspecified atom stereocenters. The minimum atomic E-state index is -3.68. The van der Waals surface area contributed by atoms with Gasteiger partial charge in [0.05, 0.1) is 20.0 Å². The van der Waals surface area contributed by atoms with Crippen LogP contribution in [0.3, 0.4) is 0 Å². The summed E-state index contributed by atoms with van der Waals surface area (Å²) < 4.78 is 28.2. The number of nitrogens with zero attached hydrogens (tertiary/aromatic N) is 3. The SMILES string of the molecule is Cc1ccc(C(=O)Nc2nc3ccc([N+](=O)[O-])cc3s2)cc1S(=O)(=O)N1CCCCC1. The van der Waals surface area contributed by atoms with Crippen molar-refractivity contribution in [3.8, 4) is 0 Å². The molecule has 162 valence electrons. The van der Waals surface area contributed by atoms with Gasteiger partial charge in [0.15, 0.2) is 5.13 Å². The van der Waals surface area contributed by atoms with Crippen LogP contribution in [0.1, 0.15) is 35.2 Å². The van der Waals surface area contributed by atoms with Gasteiger partial charge in [-0.3, -0.25) is 20.2 Å². The van der Waals surface area contributed by atoms with Crippen LogP contribution in [-0.2, 0) is 10.0 Å². The molecular formula is C20H20N4O5S2. The summed E-state index contributed by atoms with van der Waals surface area (Å²) in [5.41, 5.74) is 1.25. The Balaban J connectivity index is 1.60. The van der Waals surface area contributed by atoms with Crippen LogP contribution in [0.5, 0.6) is 0 Å². The first-order valence-corrected chi connectivity index (χ1v) is 12.0. The lowest BCUT2D eigenvalue weighted by Gasteiger charge is -2.26. The maximum atomic E-state index is 13.1. The first kappa shape index (κ1) is 21.3. The first-order valence-electron chi connectivity index (χ1n) is 9.73. The number of carbonyl (C=O) groups is 1. The van der Waals surface area contributed by atoms with E-state index in [0.717, 1.165) is 30.6 Å². The molecule has 0 atom stereocenters. The van der Waals surface area contributed by atoms with E-state index in [1.54, 1.807) is 19.1 Å². The number of aromatic nitrogens is 1. The maximum absolute atomic E-state index is 13.1. The molecule has 0 spiro atoms. The highest BCUT2D eigenvalue weighted by Gasteiger charge is 2.28. The third-order valence-corrected chi connectivity index (χ3v) is 8.16. The second kappa shape index (κ2) is 8.33. The summed E-state index contributed by atoms with van der Waals surface area (Å²) in [4.78, 5) is 27.6. The van der Waals surface area contributed by atoms with Gasteiger partial charge in [-0.2, -0.15) is 4.31 Å². The molecule has 4 rings (SSSR count). The molecule has 0 aliphatic carbocycles. The van der Waals surface area contributed by atoms with Crippen molar-refractivity contribution in [2.24, 2.45) is 0 Å². The lowest BCUT2D eigenvalue weighted by molar-refractivity contribution is -0.384. The number of aryl methyl sites for hydroxylation is 1. The van der Waals surface area contributed by atoms with Crippen molar-refractivity contribution in [1.29, 1.82) is 0 Å². The van der Waals surface area contributed by atoms with E-state index in [-0.39, 0.29) is 21.3 Å². The number of nitro benzene ring substituents is 1. The van der Waals surface area contributed by atoms with Crippen LogP contribution >= 0.6 is 11.3 Å². The third kappa shape index (κ3) is 4.29. The first-order chi connectivity index (χ1) is 14.8. The molecule has 11 heteroatoms. The second-order valence-corrected chi connectivity index (χ2v) is 10.3. The Kier molecular flexibility index (Phi) is 5.73. The minimum absolute atomic E-state index is 0.0554. The molecule has 1 N–H and O–H groups in total. The number of nitrogens with one attached hydrogen (secondary N) is 1. The molecular weight excluding hydrogens is 440 g/mol. The van der Waals surface area contributed by atoms with Crippen LogP contribution in [-0.4, -0.2) is 41.6 Å². The maximum Gasteiger partial charge on any atom is 0.270 e. The van der Waals surface area contributed by atoms with E-state index < -0.39 is 20.9 Å². The number of nitro groups is 1.